The van der Waals surface area contributed by atoms with Crippen LogP contribution >= 0.6 is 31.9 Å². The second-order valence-electron chi connectivity index (χ2n) is 7.00. The van der Waals surface area contributed by atoms with Gasteiger partial charge in [-0.2, -0.15) is 0 Å². The highest BCUT2D eigenvalue weighted by molar-refractivity contribution is 9.18. The minimum absolute atomic E-state index is 1.00. The smallest absolute Gasteiger partial charge is 0.180 e. The third-order valence-corrected chi connectivity index (χ3v) is 6.68. The van der Waals surface area contributed by atoms with E-state index < -0.39 is 0 Å². The summed E-state index contributed by atoms with van der Waals surface area (Å²) in [5.74, 6) is 0. The molecule has 0 saturated heterocycles. The molecule has 0 bridgehead atoms. The monoisotopic (exact) mass is 469 g/mol. The Balaban J connectivity index is 2.26. The molecule has 2 aliphatic rings. The van der Waals surface area contributed by atoms with Crippen LogP contribution in [0.1, 0.15) is 79.1 Å². The van der Waals surface area contributed by atoms with Gasteiger partial charge in [-0.05, 0) is 66.6 Å². The molecule has 0 unspecified atom stereocenters. The van der Waals surface area contributed by atoms with E-state index >= 15 is 0 Å². The fraction of sp³-hybridized carbons (Fsp3) is 0.571. The molecule has 2 nitrogen and oxygen atoms in total. The lowest BCUT2D eigenvalue weighted by Crippen LogP contribution is -2.76. The summed E-state index contributed by atoms with van der Waals surface area (Å²) in [5.41, 5.74) is 8.07. The molecule has 25 heavy (non-hydrogen) atoms. The summed E-state index contributed by atoms with van der Waals surface area (Å²) >= 11 is 7.37. The average molecular weight is 471 g/mol. The molecule has 0 amide bonds. The number of unbranched alkanes of at least 4 members (excludes halogenated alkanes) is 4. The Hall–Kier alpha value is -0.450. The number of aliphatic imine (C=N–C) groups is 1. The van der Waals surface area contributed by atoms with Gasteiger partial charge in [-0.25, -0.2) is 4.99 Å². The highest BCUT2D eigenvalue weighted by Crippen LogP contribution is 2.34. The van der Waals surface area contributed by atoms with Gasteiger partial charge in [-0.3, -0.25) is 5.32 Å². The van der Waals surface area contributed by atoms with E-state index in [4.69, 9.17) is 4.99 Å². The Morgan fingerprint density at radius 1 is 0.880 bits per heavy atom. The van der Waals surface area contributed by atoms with Gasteiger partial charge in [0.25, 0.3) is 0 Å². The zero-order valence-electron chi connectivity index (χ0n) is 16.0. The normalized spacial score (nSPS) is 19.8. The number of hydrogen-bond donors (Lipinski definition) is 1. The SMILES string of the molecule is CCCCCC1=C(/C=C2\N=C(Br)C(C)=C2CCCCC)[NH2+]C(Br)=C1C. The van der Waals surface area contributed by atoms with Crippen molar-refractivity contribution < 1.29 is 5.32 Å². The Kier molecular flexibility index (Phi) is 8.37. The second-order valence-corrected chi connectivity index (χ2v) is 8.61. The van der Waals surface area contributed by atoms with Crippen molar-refractivity contribution in [3.05, 3.63) is 44.4 Å². The topological polar surface area (TPSA) is 29.0 Å². The Morgan fingerprint density at radius 2 is 1.48 bits per heavy atom. The molecule has 2 N–H and O–H groups in total. The highest BCUT2D eigenvalue weighted by atomic mass is 79.9. The Bertz CT molecular complexity index is 663. The molecule has 0 aromatic heterocycles. The van der Waals surface area contributed by atoms with Crippen LogP contribution in [0, 0.1) is 0 Å². The Morgan fingerprint density at radius 3 is 2.08 bits per heavy atom. The van der Waals surface area contributed by atoms with Crippen LogP contribution in [0.15, 0.2) is 49.4 Å². The van der Waals surface area contributed by atoms with Crippen LogP contribution in [0.2, 0.25) is 0 Å². The van der Waals surface area contributed by atoms with E-state index in [9.17, 15) is 0 Å². The maximum atomic E-state index is 4.81. The quantitative estimate of drug-likeness (QED) is 0.290. The summed E-state index contributed by atoms with van der Waals surface area (Å²) in [5, 5.41) is 2.27. The second kappa shape index (κ2) is 10.0. The number of nitrogens with zero attached hydrogens (tertiary/aromatic N) is 1. The van der Waals surface area contributed by atoms with E-state index in [-0.39, 0.29) is 0 Å². The van der Waals surface area contributed by atoms with E-state index in [2.05, 4.69) is 70.9 Å². The van der Waals surface area contributed by atoms with Gasteiger partial charge in [0.2, 0.25) is 0 Å². The molecule has 0 saturated carbocycles. The van der Waals surface area contributed by atoms with Gasteiger partial charge in [0.05, 0.1) is 5.70 Å². The lowest BCUT2D eigenvalue weighted by atomic mass is 9.98. The minimum atomic E-state index is 1.00. The van der Waals surface area contributed by atoms with Gasteiger partial charge in [-0.1, -0.05) is 39.5 Å². The van der Waals surface area contributed by atoms with Crippen molar-refractivity contribution in [2.75, 3.05) is 0 Å². The number of quaternary nitrogens is 1. The first-order valence-electron chi connectivity index (χ1n) is 9.60. The van der Waals surface area contributed by atoms with Crippen molar-refractivity contribution in [3.63, 3.8) is 0 Å². The summed E-state index contributed by atoms with van der Waals surface area (Å²) in [4.78, 5) is 4.81. The van der Waals surface area contributed by atoms with E-state index in [0.29, 0.717) is 0 Å². The predicted molar refractivity (Wildman–Crippen MR) is 116 cm³/mol. The Labute approximate surface area is 169 Å². The largest absolute Gasteiger partial charge is 0.275 e. The molecule has 2 aliphatic heterocycles. The average Bonchev–Trinajstić information content (AvgIpc) is 3.00. The molecular weight excluding hydrogens is 440 g/mol. The molecule has 0 fully saturated rings. The molecule has 138 valence electrons. The van der Waals surface area contributed by atoms with Crippen molar-refractivity contribution in [2.45, 2.75) is 79.1 Å². The van der Waals surface area contributed by atoms with Gasteiger partial charge >= 0.3 is 0 Å². The maximum absolute atomic E-state index is 4.81. The first-order valence-corrected chi connectivity index (χ1v) is 11.2. The number of halogens is 2. The van der Waals surface area contributed by atoms with Crippen LogP contribution in [-0.4, -0.2) is 4.62 Å². The van der Waals surface area contributed by atoms with E-state index in [1.807, 2.05) is 0 Å². The number of rotatable bonds is 9. The molecule has 2 rings (SSSR count). The van der Waals surface area contributed by atoms with E-state index in [1.54, 1.807) is 0 Å². The van der Waals surface area contributed by atoms with Gasteiger partial charge in [-0.15, -0.1) is 0 Å². The van der Waals surface area contributed by atoms with Crippen molar-refractivity contribution in [2.24, 2.45) is 4.99 Å². The summed E-state index contributed by atoms with van der Waals surface area (Å²) in [6.45, 7) is 8.93. The molecule has 0 atom stereocenters. The molecule has 2 heterocycles. The van der Waals surface area contributed by atoms with Crippen molar-refractivity contribution in [1.82, 2.24) is 0 Å². The zero-order chi connectivity index (χ0) is 18.4. The van der Waals surface area contributed by atoms with E-state index in [0.717, 1.165) is 23.2 Å². The summed E-state index contributed by atoms with van der Waals surface area (Å²) < 4.78 is 2.22. The van der Waals surface area contributed by atoms with Crippen LogP contribution in [0.4, 0.5) is 0 Å². The first-order chi connectivity index (χ1) is 12.0. The lowest BCUT2D eigenvalue weighted by molar-refractivity contribution is -0.532. The van der Waals surface area contributed by atoms with Gasteiger partial charge in [0.15, 0.2) is 4.61 Å². The van der Waals surface area contributed by atoms with Crippen molar-refractivity contribution >= 4 is 36.5 Å². The lowest BCUT2D eigenvalue weighted by Gasteiger charge is -2.07. The predicted octanol–water partition coefficient (Wildman–Crippen LogP) is 6.61. The van der Waals surface area contributed by atoms with Gasteiger partial charge in [0.1, 0.15) is 10.3 Å². The molecule has 0 spiro atoms. The van der Waals surface area contributed by atoms with Crippen LogP contribution in [-0.2, 0) is 0 Å². The van der Waals surface area contributed by atoms with Crippen LogP contribution < -0.4 is 5.32 Å². The molecular formula is C21H31Br2N2+. The molecule has 0 aromatic rings. The highest BCUT2D eigenvalue weighted by Gasteiger charge is 2.26. The van der Waals surface area contributed by atoms with Crippen molar-refractivity contribution in [1.29, 1.82) is 0 Å². The number of allylic oxidation sites excluding steroid dienone is 5. The molecule has 0 aromatic carbocycles. The zero-order valence-corrected chi connectivity index (χ0v) is 19.2. The summed E-state index contributed by atoms with van der Waals surface area (Å²) in [7, 11) is 0. The van der Waals surface area contributed by atoms with Crippen LogP contribution in [0.25, 0.3) is 0 Å². The standard InChI is InChI=1S/C21H30Br2N2/c1-5-7-9-11-16-14(3)20(22)24-18(16)13-19-17(12-10-8-6-2)15(4)21(23)25-19/h13,24H,5-12H2,1-4H3/p+1/b19-13-. The van der Waals surface area contributed by atoms with Crippen LogP contribution in [0.3, 0.4) is 0 Å². The fourth-order valence-corrected chi connectivity index (χ4v) is 4.33. The maximum Gasteiger partial charge on any atom is 0.180 e. The van der Waals surface area contributed by atoms with Crippen LogP contribution in [0.5, 0.6) is 0 Å². The third-order valence-electron chi connectivity index (χ3n) is 5.08. The summed E-state index contributed by atoms with van der Waals surface area (Å²) in [6, 6.07) is 0. The third kappa shape index (κ3) is 5.27. The number of nitrogens with two attached hydrogens (primary N) is 1. The first kappa shape index (κ1) is 20.9. The van der Waals surface area contributed by atoms with Crippen molar-refractivity contribution in [3.8, 4) is 0 Å². The van der Waals surface area contributed by atoms with Gasteiger partial charge in [0, 0.05) is 33.2 Å². The number of hydrogen-bond acceptors (Lipinski definition) is 1. The van der Waals surface area contributed by atoms with E-state index in [1.165, 1.54) is 71.1 Å². The van der Waals surface area contributed by atoms with Gasteiger partial charge < -0.3 is 0 Å². The fourth-order valence-electron chi connectivity index (χ4n) is 3.41. The molecule has 0 radical (unpaired) electrons. The summed E-state index contributed by atoms with van der Waals surface area (Å²) in [6.07, 6.45) is 12.2. The minimum Gasteiger partial charge on any atom is -0.275 e. The molecule has 4 heteroatoms. The molecule has 0 aliphatic carbocycles.